The molecule has 0 saturated heterocycles. The number of rotatable bonds is 5. The predicted octanol–water partition coefficient (Wildman–Crippen LogP) is 3.57. The predicted molar refractivity (Wildman–Crippen MR) is 84.5 cm³/mol. The lowest BCUT2D eigenvalue weighted by Gasteiger charge is -2.14. The van der Waals surface area contributed by atoms with Crippen molar-refractivity contribution in [2.75, 3.05) is 6.54 Å². The van der Waals surface area contributed by atoms with Crippen molar-refractivity contribution >= 4 is 0 Å². The number of pyridine rings is 1. The first-order valence-corrected chi connectivity index (χ1v) is 7.68. The van der Waals surface area contributed by atoms with Crippen molar-refractivity contribution in [3.05, 3.63) is 58.9 Å². The number of nitrogens with one attached hydrogen (secondary N) is 1. The zero-order valence-electron chi connectivity index (χ0n) is 12.7. The Morgan fingerprint density at radius 1 is 1.24 bits per heavy atom. The van der Waals surface area contributed by atoms with Gasteiger partial charge in [-0.05, 0) is 55.6 Å². The van der Waals surface area contributed by atoms with Gasteiger partial charge in [0, 0.05) is 11.7 Å². The molecule has 110 valence electrons. The van der Waals surface area contributed by atoms with E-state index in [9.17, 15) is 0 Å². The molecule has 0 amide bonds. The van der Waals surface area contributed by atoms with Crippen LogP contribution in [-0.2, 0) is 13.0 Å². The second kappa shape index (κ2) is 6.27. The largest absolute Gasteiger partial charge is 0.487 e. The summed E-state index contributed by atoms with van der Waals surface area (Å²) in [5.74, 6) is 1.01. The first kappa shape index (κ1) is 14.1. The molecule has 1 aliphatic carbocycles. The fourth-order valence-corrected chi connectivity index (χ4v) is 3.05. The van der Waals surface area contributed by atoms with Crippen molar-refractivity contribution in [1.29, 1.82) is 0 Å². The van der Waals surface area contributed by atoms with Crippen LogP contribution < -0.4 is 10.1 Å². The molecule has 0 radical (unpaired) electrons. The van der Waals surface area contributed by atoms with Gasteiger partial charge >= 0.3 is 0 Å². The van der Waals surface area contributed by atoms with Crippen LogP contribution >= 0.6 is 0 Å². The molecule has 1 aromatic heterocycles. The fraction of sp³-hybridized carbons (Fsp3) is 0.389. The number of ether oxygens (including phenoxy) is 1. The average Bonchev–Trinajstić information content (AvgIpc) is 2.90. The summed E-state index contributed by atoms with van der Waals surface area (Å²) in [4.78, 5) is 4.49. The van der Waals surface area contributed by atoms with Gasteiger partial charge in [0.2, 0.25) is 0 Å². The average molecular weight is 282 g/mol. The molecule has 1 N–H and O–H groups in total. The highest BCUT2D eigenvalue weighted by atomic mass is 16.5. The van der Waals surface area contributed by atoms with Crippen LogP contribution in [0.3, 0.4) is 0 Å². The van der Waals surface area contributed by atoms with Crippen LogP contribution in [0, 0.1) is 6.92 Å². The van der Waals surface area contributed by atoms with Crippen molar-refractivity contribution in [1.82, 2.24) is 10.3 Å². The van der Waals surface area contributed by atoms with E-state index in [1.165, 1.54) is 11.1 Å². The van der Waals surface area contributed by atoms with E-state index >= 15 is 0 Å². The topological polar surface area (TPSA) is 34.1 Å². The summed E-state index contributed by atoms with van der Waals surface area (Å²) < 4.78 is 6.03. The highest BCUT2D eigenvalue weighted by Crippen LogP contribution is 2.37. The molecule has 0 bridgehead atoms. The van der Waals surface area contributed by atoms with E-state index in [0.717, 1.165) is 36.5 Å². The lowest BCUT2D eigenvalue weighted by molar-refractivity contribution is 0.298. The van der Waals surface area contributed by atoms with Gasteiger partial charge in [0.05, 0.1) is 5.69 Å². The minimum atomic E-state index is 0.477. The Balaban J connectivity index is 1.75. The molecule has 1 aromatic carbocycles. The lowest BCUT2D eigenvalue weighted by atomic mass is 10.1. The molecule has 3 rings (SSSR count). The number of aromatic nitrogens is 1. The summed E-state index contributed by atoms with van der Waals surface area (Å²) in [5, 5.41) is 3.54. The molecule has 1 atom stereocenters. The van der Waals surface area contributed by atoms with Crippen molar-refractivity contribution in [3.63, 3.8) is 0 Å². The van der Waals surface area contributed by atoms with Crippen LogP contribution in [0.5, 0.6) is 5.75 Å². The van der Waals surface area contributed by atoms with E-state index in [2.05, 4.69) is 35.4 Å². The molecule has 21 heavy (non-hydrogen) atoms. The normalized spacial score (nSPS) is 16.8. The summed E-state index contributed by atoms with van der Waals surface area (Å²) in [6.07, 6.45) is 2.25. The Kier molecular flexibility index (Phi) is 4.20. The zero-order chi connectivity index (χ0) is 14.7. The zero-order valence-corrected chi connectivity index (χ0v) is 12.7. The third kappa shape index (κ3) is 3.08. The van der Waals surface area contributed by atoms with Crippen LogP contribution in [0.2, 0.25) is 0 Å². The number of fused-ring (bicyclic) bond motifs is 1. The monoisotopic (exact) mass is 282 g/mol. The molecule has 1 aliphatic rings. The molecule has 0 spiro atoms. The Bertz CT molecular complexity index is 624. The van der Waals surface area contributed by atoms with E-state index in [4.69, 9.17) is 4.74 Å². The van der Waals surface area contributed by atoms with Gasteiger partial charge in [-0.3, -0.25) is 4.98 Å². The van der Waals surface area contributed by atoms with Gasteiger partial charge in [0.1, 0.15) is 12.4 Å². The van der Waals surface area contributed by atoms with Crippen molar-refractivity contribution in [3.8, 4) is 5.75 Å². The Hall–Kier alpha value is -1.87. The van der Waals surface area contributed by atoms with Crippen LogP contribution in [0.4, 0.5) is 0 Å². The van der Waals surface area contributed by atoms with E-state index in [1.807, 2.05) is 25.1 Å². The third-order valence-corrected chi connectivity index (χ3v) is 4.00. The summed E-state index contributed by atoms with van der Waals surface area (Å²) in [6, 6.07) is 12.9. The van der Waals surface area contributed by atoms with Crippen LogP contribution in [0.15, 0.2) is 36.4 Å². The van der Waals surface area contributed by atoms with Gasteiger partial charge in [-0.1, -0.05) is 25.1 Å². The first-order chi connectivity index (χ1) is 10.3. The lowest BCUT2D eigenvalue weighted by Crippen LogP contribution is -2.18. The van der Waals surface area contributed by atoms with Crippen molar-refractivity contribution in [2.24, 2.45) is 0 Å². The molecule has 2 aromatic rings. The summed E-state index contributed by atoms with van der Waals surface area (Å²) in [7, 11) is 0. The minimum absolute atomic E-state index is 0.477. The van der Waals surface area contributed by atoms with E-state index < -0.39 is 0 Å². The molecule has 3 nitrogen and oxygen atoms in total. The molecular weight excluding hydrogens is 260 g/mol. The minimum Gasteiger partial charge on any atom is -0.487 e. The standard InChI is InChI=1S/C18H22N2O/c1-3-19-17-11-10-16-15(17)8-5-9-18(16)21-12-14-7-4-6-13(2)20-14/h4-9,17,19H,3,10-12H2,1-2H3. The first-order valence-electron chi connectivity index (χ1n) is 7.68. The maximum atomic E-state index is 6.03. The SMILES string of the molecule is CCNC1CCc2c(OCc3cccc(C)n3)cccc21. The molecule has 3 heteroatoms. The second-order valence-corrected chi connectivity index (χ2v) is 5.53. The van der Waals surface area contributed by atoms with Crippen LogP contribution in [-0.4, -0.2) is 11.5 Å². The number of hydrogen-bond acceptors (Lipinski definition) is 3. The molecule has 0 fully saturated rings. The van der Waals surface area contributed by atoms with Crippen LogP contribution in [0.25, 0.3) is 0 Å². The Labute approximate surface area is 126 Å². The quantitative estimate of drug-likeness (QED) is 0.910. The number of aryl methyl sites for hydroxylation is 1. The van der Waals surface area contributed by atoms with Gasteiger partial charge in [0.25, 0.3) is 0 Å². The maximum Gasteiger partial charge on any atom is 0.130 e. The van der Waals surface area contributed by atoms with E-state index in [0.29, 0.717) is 12.6 Å². The van der Waals surface area contributed by atoms with Gasteiger partial charge < -0.3 is 10.1 Å². The summed E-state index contributed by atoms with van der Waals surface area (Å²) in [5.41, 5.74) is 4.76. The molecular formula is C18H22N2O. The highest BCUT2D eigenvalue weighted by molar-refractivity contribution is 5.45. The highest BCUT2D eigenvalue weighted by Gasteiger charge is 2.24. The Morgan fingerprint density at radius 2 is 2.10 bits per heavy atom. The van der Waals surface area contributed by atoms with Gasteiger partial charge in [-0.25, -0.2) is 0 Å². The summed E-state index contributed by atoms with van der Waals surface area (Å²) >= 11 is 0. The second-order valence-electron chi connectivity index (χ2n) is 5.53. The number of benzene rings is 1. The number of hydrogen-bond donors (Lipinski definition) is 1. The van der Waals surface area contributed by atoms with E-state index in [1.54, 1.807) is 0 Å². The smallest absolute Gasteiger partial charge is 0.130 e. The van der Waals surface area contributed by atoms with Crippen molar-refractivity contribution < 1.29 is 4.74 Å². The third-order valence-electron chi connectivity index (χ3n) is 4.00. The van der Waals surface area contributed by atoms with E-state index in [-0.39, 0.29) is 0 Å². The maximum absolute atomic E-state index is 6.03. The fourth-order valence-electron chi connectivity index (χ4n) is 3.05. The molecule has 1 heterocycles. The molecule has 0 aliphatic heterocycles. The molecule has 0 saturated carbocycles. The molecule has 1 unspecified atom stereocenters. The Morgan fingerprint density at radius 3 is 2.90 bits per heavy atom. The summed E-state index contributed by atoms with van der Waals surface area (Å²) in [6.45, 7) is 5.69. The van der Waals surface area contributed by atoms with Crippen LogP contribution in [0.1, 0.15) is 41.9 Å². The van der Waals surface area contributed by atoms with Gasteiger partial charge in [-0.2, -0.15) is 0 Å². The van der Waals surface area contributed by atoms with Gasteiger partial charge in [0.15, 0.2) is 0 Å². The van der Waals surface area contributed by atoms with Crippen molar-refractivity contribution in [2.45, 2.75) is 39.3 Å². The van der Waals surface area contributed by atoms with Gasteiger partial charge in [-0.15, -0.1) is 0 Å². The number of nitrogens with zero attached hydrogens (tertiary/aromatic N) is 1.